The average Bonchev–Trinajstić information content (AvgIpc) is 2.38. The van der Waals surface area contributed by atoms with Crippen molar-refractivity contribution in [2.45, 2.75) is 19.4 Å². The van der Waals surface area contributed by atoms with Crippen LogP contribution in [-0.2, 0) is 0 Å². The number of hydrogen-bond acceptors (Lipinski definition) is 3. The second-order valence-electron chi connectivity index (χ2n) is 5.05. The highest BCUT2D eigenvalue weighted by molar-refractivity contribution is 5.85. The summed E-state index contributed by atoms with van der Waals surface area (Å²) in [5, 5.41) is 12.8. The smallest absolute Gasteiger partial charge is 0.115 e. The summed E-state index contributed by atoms with van der Waals surface area (Å²) in [7, 11) is 0. The number of halogens is 2. The molecule has 0 radical (unpaired) electrons. The Kier molecular flexibility index (Phi) is 8.90. The molecule has 3 nitrogen and oxygen atoms in total. The van der Waals surface area contributed by atoms with Gasteiger partial charge in [-0.1, -0.05) is 17.7 Å². The molecule has 0 spiro atoms. The molecule has 0 bridgehead atoms. The highest BCUT2D eigenvalue weighted by atomic mass is 35.5. The monoisotopic (exact) mass is 318 g/mol. The minimum absolute atomic E-state index is 0. The Morgan fingerprint density at radius 1 is 1.25 bits per heavy atom. The van der Waals surface area contributed by atoms with Gasteiger partial charge in [-0.05, 0) is 31.0 Å². The Labute approximate surface area is 133 Å². The molecule has 20 heavy (non-hydrogen) atoms. The van der Waals surface area contributed by atoms with Gasteiger partial charge >= 0.3 is 0 Å². The van der Waals surface area contributed by atoms with Crippen molar-refractivity contribution < 1.29 is 5.11 Å². The van der Waals surface area contributed by atoms with Crippen LogP contribution in [0.1, 0.15) is 24.9 Å². The number of benzene rings is 1. The fourth-order valence-corrected chi connectivity index (χ4v) is 2.48. The quantitative estimate of drug-likeness (QED) is 0.837. The number of piperazine rings is 1. The molecule has 1 aliphatic rings. The zero-order valence-corrected chi connectivity index (χ0v) is 13.5. The Balaban J connectivity index is 0.00000180. The first-order valence-corrected chi connectivity index (χ1v) is 6.55. The standard InChI is InChI=1S/C15H22N2O.2ClH/c1-12(2)11-15(17-9-7-16-8-10-17)13-3-5-14(18)6-4-13;;/h3-6,15-16,18H,1,7-11H2,2H3;2*1H/t15-;;/m0../s1. The first-order valence-electron chi connectivity index (χ1n) is 6.55. The molecule has 5 heteroatoms. The van der Waals surface area contributed by atoms with Crippen LogP contribution in [0.25, 0.3) is 0 Å². The van der Waals surface area contributed by atoms with E-state index in [0.717, 1.165) is 32.6 Å². The second kappa shape index (κ2) is 9.24. The lowest BCUT2D eigenvalue weighted by Gasteiger charge is -2.35. The molecule has 1 fully saturated rings. The normalized spacial score (nSPS) is 16.6. The third kappa shape index (κ3) is 5.33. The van der Waals surface area contributed by atoms with Crippen LogP contribution in [0.5, 0.6) is 5.75 Å². The third-order valence-electron chi connectivity index (χ3n) is 3.41. The van der Waals surface area contributed by atoms with Crippen LogP contribution < -0.4 is 5.32 Å². The Morgan fingerprint density at radius 2 is 1.80 bits per heavy atom. The molecule has 1 atom stereocenters. The summed E-state index contributed by atoms with van der Waals surface area (Å²) < 4.78 is 0. The van der Waals surface area contributed by atoms with Crippen molar-refractivity contribution in [3.05, 3.63) is 42.0 Å². The van der Waals surface area contributed by atoms with Crippen molar-refractivity contribution in [2.75, 3.05) is 26.2 Å². The first-order chi connectivity index (χ1) is 8.66. The zero-order chi connectivity index (χ0) is 13.0. The average molecular weight is 319 g/mol. The molecular formula is C15H24Cl2N2O. The molecular weight excluding hydrogens is 295 g/mol. The molecule has 1 heterocycles. The maximum atomic E-state index is 9.39. The van der Waals surface area contributed by atoms with Crippen LogP contribution >= 0.6 is 24.8 Å². The Morgan fingerprint density at radius 3 is 2.30 bits per heavy atom. The van der Waals surface area contributed by atoms with Gasteiger partial charge in [0.2, 0.25) is 0 Å². The van der Waals surface area contributed by atoms with E-state index < -0.39 is 0 Å². The summed E-state index contributed by atoms with van der Waals surface area (Å²) in [6, 6.07) is 7.95. The molecule has 2 rings (SSSR count). The van der Waals surface area contributed by atoms with E-state index in [0.29, 0.717) is 11.8 Å². The summed E-state index contributed by atoms with van der Waals surface area (Å²) >= 11 is 0. The van der Waals surface area contributed by atoms with Gasteiger partial charge in [0.05, 0.1) is 0 Å². The van der Waals surface area contributed by atoms with Crippen molar-refractivity contribution in [1.29, 1.82) is 0 Å². The summed E-state index contributed by atoms with van der Waals surface area (Å²) in [5.41, 5.74) is 2.46. The van der Waals surface area contributed by atoms with Gasteiger partial charge < -0.3 is 10.4 Å². The van der Waals surface area contributed by atoms with Gasteiger partial charge in [0.25, 0.3) is 0 Å². The van der Waals surface area contributed by atoms with Crippen LogP contribution in [-0.4, -0.2) is 36.2 Å². The van der Waals surface area contributed by atoms with Gasteiger partial charge in [-0.3, -0.25) is 4.90 Å². The topological polar surface area (TPSA) is 35.5 Å². The minimum atomic E-state index is 0. The lowest BCUT2D eigenvalue weighted by molar-refractivity contribution is 0.172. The van der Waals surface area contributed by atoms with Gasteiger partial charge in [0.1, 0.15) is 5.75 Å². The second-order valence-corrected chi connectivity index (χ2v) is 5.05. The maximum absolute atomic E-state index is 9.39. The SMILES string of the molecule is C=C(C)C[C@@H](c1ccc(O)cc1)N1CCNCC1.Cl.Cl. The van der Waals surface area contributed by atoms with E-state index in [-0.39, 0.29) is 24.8 Å². The molecule has 1 aromatic rings. The fraction of sp³-hybridized carbons (Fsp3) is 0.467. The zero-order valence-electron chi connectivity index (χ0n) is 11.8. The number of nitrogens with one attached hydrogen (secondary N) is 1. The molecule has 0 unspecified atom stereocenters. The lowest BCUT2D eigenvalue weighted by atomic mass is 9.98. The number of phenolic OH excluding ortho intramolecular Hbond substituents is 1. The number of hydrogen-bond donors (Lipinski definition) is 2. The Bertz CT molecular complexity index is 403. The van der Waals surface area contributed by atoms with Gasteiger partial charge in [0.15, 0.2) is 0 Å². The van der Waals surface area contributed by atoms with E-state index in [9.17, 15) is 5.11 Å². The summed E-state index contributed by atoms with van der Waals surface area (Å²) in [4.78, 5) is 2.50. The number of nitrogens with zero attached hydrogens (tertiary/aromatic N) is 1. The highest BCUT2D eigenvalue weighted by Crippen LogP contribution is 2.28. The van der Waals surface area contributed by atoms with E-state index in [4.69, 9.17) is 0 Å². The van der Waals surface area contributed by atoms with Crippen LogP contribution in [0.4, 0.5) is 0 Å². The van der Waals surface area contributed by atoms with E-state index in [1.807, 2.05) is 12.1 Å². The fourth-order valence-electron chi connectivity index (χ4n) is 2.48. The molecule has 2 N–H and O–H groups in total. The van der Waals surface area contributed by atoms with Gasteiger partial charge in [-0.2, -0.15) is 0 Å². The molecule has 1 saturated heterocycles. The maximum Gasteiger partial charge on any atom is 0.115 e. The molecule has 1 aliphatic heterocycles. The predicted octanol–water partition coefficient (Wildman–Crippen LogP) is 3.15. The van der Waals surface area contributed by atoms with Crippen LogP contribution in [0.15, 0.2) is 36.4 Å². The van der Waals surface area contributed by atoms with Gasteiger partial charge in [0, 0.05) is 32.2 Å². The molecule has 1 aromatic carbocycles. The molecule has 0 aromatic heterocycles. The van der Waals surface area contributed by atoms with Crippen molar-refractivity contribution in [3.8, 4) is 5.75 Å². The van der Waals surface area contributed by atoms with Gasteiger partial charge in [-0.15, -0.1) is 31.4 Å². The minimum Gasteiger partial charge on any atom is -0.508 e. The van der Waals surface area contributed by atoms with E-state index in [1.165, 1.54) is 11.1 Å². The number of rotatable bonds is 4. The van der Waals surface area contributed by atoms with Gasteiger partial charge in [-0.25, -0.2) is 0 Å². The number of phenols is 1. The number of aromatic hydroxyl groups is 1. The summed E-state index contributed by atoms with van der Waals surface area (Å²) in [5.74, 6) is 0.327. The van der Waals surface area contributed by atoms with E-state index >= 15 is 0 Å². The predicted molar refractivity (Wildman–Crippen MR) is 89.2 cm³/mol. The Hall–Kier alpha value is -0.740. The lowest BCUT2D eigenvalue weighted by Crippen LogP contribution is -2.45. The van der Waals surface area contributed by atoms with E-state index in [1.54, 1.807) is 12.1 Å². The molecule has 0 aliphatic carbocycles. The molecule has 0 saturated carbocycles. The summed E-state index contributed by atoms with van der Waals surface area (Å²) in [6.45, 7) is 10.3. The summed E-state index contributed by atoms with van der Waals surface area (Å²) in [6.07, 6.45) is 0.977. The first kappa shape index (κ1) is 19.3. The molecule has 0 amide bonds. The highest BCUT2D eigenvalue weighted by Gasteiger charge is 2.21. The van der Waals surface area contributed by atoms with Crippen LogP contribution in [0, 0.1) is 0 Å². The molecule has 114 valence electrons. The van der Waals surface area contributed by atoms with Crippen molar-refractivity contribution >= 4 is 24.8 Å². The van der Waals surface area contributed by atoms with Crippen molar-refractivity contribution in [1.82, 2.24) is 10.2 Å². The van der Waals surface area contributed by atoms with E-state index in [2.05, 4.69) is 23.7 Å². The van der Waals surface area contributed by atoms with Crippen molar-refractivity contribution in [2.24, 2.45) is 0 Å². The third-order valence-corrected chi connectivity index (χ3v) is 3.41. The largest absolute Gasteiger partial charge is 0.508 e. The van der Waals surface area contributed by atoms with Crippen LogP contribution in [0.2, 0.25) is 0 Å². The van der Waals surface area contributed by atoms with Crippen LogP contribution in [0.3, 0.4) is 0 Å². The van der Waals surface area contributed by atoms with Crippen molar-refractivity contribution in [3.63, 3.8) is 0 Å².